The second kappa shape index (κ2) is 6.02. The number of hydrogen-bond donors (Lipinski definition) is 1. The minimum absolute atomic E-state index is 0.690. The molecule has 0 bridgehead atoms. The van der Waals surface area contributed by atoms with E-state index in [1.807, 2.05) is 30.3 Å². The maximum Gasteiger partial charge on any atom is 0.328 e. The van der Waals surface area contributed by atoms with Crippen molar-refractivity contribution in [1.29, 1.82) is 0 Å². The van der Waals surface area contributed by atoms with Crippen LogP contribution in [0.2, 0.25) is 0 Å². The molecule has 0 radical (unpaired) electrons. The number of carboxylic acids is 1. The number of allylic oxidation sites excluding steroid dienone is 1. The Morgan fingerprint density at radius 2 is 1.95 bits per heavy atom. The van der Waals surface area contributed by atoms with Gasteiger partial charge < -0.3 is 9.84 Å². The fourth-order valence-electron chi connectivity index (χ4n) is 1.98. The van der Waals surface area contributed by atoms with Gasteiger partial charge in [0.15, 0.2) is 0 Å². The minimum Gasteiger partial charge on any atom is -0.496 e. The fraction of sp³-hybridized carbons (Fsp3) is 0.125. The normalized spacial score (nSPS) is 11.2. The second-order valence-corrected chi connectivity index (χ2v) is 4.32. The van der Waals surface area contributed by atoms with Crippen LogP contribution in [0.4, 0.5) is 0 Å². The average molecular weight is 269 g/mol. The fourth-order valence-corrected chi connectivity index (χ4v) is 1.98. The van der Waals surface area contributed by atoms with E-state index in [1.54, 1.807) is 26.4 Å². The quantitative estimate of drug-likeness (QED) is 0.865. The number of aromatic nitrogens is 1. The van der Waals surface area contributed by atoms with Crippen molar-refractivity contribution in [3.8, 4) is 16.9 Å². The van der Waals surface area contributed by atoms with E-state index in [2.05, 4.69) is 4.98 Å². The molecule has 1 aromatic carbocycles. The molecule has 2 aromatic rings. The molecule has 0 atom stereocenters. The SMILES string of the molecule is COc1ccc(/C(C)=C/C(=O)O)cc1-c1ccncc1. The van der Waals surface area contributed by atoms with Gasteiger partial charge in [0.25, 0.3) is 0 Å². The average Bonchev–Trinajstić information content (AvgIpc) is 2.46. The maximum absolute atomic E-state index is 10.8. The molecule has 0 fully saturated rings. The third-order valence-electron chi connectivity index (χ3n) is 2.99. The van der Waals surface area contributed by atoms with Crippen molar-refractivity contribution in [2.45, 2.75) is 6.92 Å². The zero-order chi connectivity index (χ0) is 14.5. The highest BCUT2D eigenvalue weighted by molar-refractivity contribution is 5.90. The van der Waals surface area contributed by atoms with Gasteiger partial charge in [-0.15, -0.1) is 0 Å². The van der Waals surface area contributed by atoms with Crippen molar-refractivity contribution in [3.63, 3.8) is 0 Å². The van der Waals surface area contributed by atoms with Gasteiger partial charge in [-0.25, -0.2) is 4.79 Å². The highest BCUT2D eigenvalue weighted by Crippen LogP contribution is 2.32. The van der Waals surface area contributed by atoms with Gasteiger partial charge in [0.2, 0.25) is 0 Å². The van der Waals surface area contributed by atoms with E-state index >= 15 is 0 Å². The smallest absolute Gasteiger partial charge is 0.328 e. The summed E-state index contributed by atoms with van der Waals surface area (Å²) in [5.74, 6) is -0.216. The Labute approximate surface area is 117 Å². The number of rotatable bonds is 4. The molecule has 102 valence electrons. The van der Waals surface area contributed by atoms with Crippen molar-refractivity contribution in [2.24, 2.45) is 0 Å². The summed E-state index contributed by atoms with van der Waals surface area (Å²) in [6.07, 6.45) is 4.61. The molecule has 20 heavy (non-hydrogen) atoms. The predicted molar refractivity (Wildman–Crippen MR) is 77.5 cm³/mol. The molecule has 0 saturated carbocycles. The summed E-state index contributed by atoms with van der Waals surface area (Å²) in [5, 5.41) is 8.82. The lowest BCUT2D eigenvalue weighted by Crippen LogP contribution is -1.93. The number of pyridine rings is 1. The second-order valence-electron chi connectivity index (χ2n) is 4.32. The summed E-state index contributed by atoms with van der Waals surface area (Å²) in [5.41, 5.74) is 3.42. The molecule has 0 saturated heterocycles. The van der Waals surface area contributed by atoms with Crippen molar-refractivity contribution in [3.05, 3.63) is 54.4 Å². The van der Waals surface area contributed by atoms with Crippen LogP contribution in [0.15, 0.2) is 48.8 Å². The van der Waals surface area contributed by atoms with Gasteiger partial charge in [0.1, 0.15) is 5.75 Å². The summed E-state index contributed by atoms with van der Waals surface area (Å²) in [6, 6.07) is 9.38. The first-order valence-corrected chi connectivity index (χ1v) is 6.12. The summed E-state index contributed by atoms with van der Waals surface area (Å²) in [6.45, 7) is 1.77. The number of hydrogen-bond acceptors (Lipinski definition) is 3. The van der Waals surface area contributed by atoms with Gasteiger partial charge in [0.05, 0.1) is 7.11 Å². The molecule has 0 spiro atoms. The monoisotopic (exact) mass is 269 g/mol. The molecule has 4 heteroatoms. The summed E-state index contributed by atoms with van der Waals surface area (Å²) >= 11 is 0. The molecule has 0 unspecified atom stereocenters. The van der Waals surface area contributed by atoms with Gasteiger partial charge in [-0.05, 0) is 47.9 Å². The first kappa shape index (κ1) is 13.8. The van der Waals surface area contributed by atoms with E-state index in [9.17, 15) is 4.79 Å². The summed E-state index contributed by atoms with van der Waals surface area (Å²) in [7, 11) is 1.61. The molecular formula is C16H15NO3. The third-order valence-corrected chi connectivity index (χ3v) is 2.99. The van der Waals surface area contributed by atoms with Crippen molar-refractivity contribution < 1.29 is 14.6 Å². The lowest BCUT2D eigenvalue weighted by molar-refractivity contribution is -0.131. The van der Waals surface area contributed by atoms with Crippen LogP contribution in [0.1, 0.15) is 12.5 Å². The minimum atomic E-state index is -0.955. The Bertz CT molecular complexity index is 648. The molecule has 1 N–H and O–H groups in total. The largest absolute Gasteiger partial charge is 0.496 e. The lowest BCUT2D eigenvalue weighted by Gasteiger charge is -2.11. The Hall–Kier alpha value is -2.62. The van der Waals surface area contributed by atoms with Crippen LogP contribution in [0.5, 0.6) is 5.75 Å². The number of aliphatic carboxylic acids is 1. The molecule has 0 amide bonds. The molecular weight excluding hydrogens is 254 g/mol. The third kappa shape index (κ3) is 3.03. The van der Waals surface area contributed by atoms with Crippen LogP contribution in [-0.4, -0.2) is 23.2 Å². The molecule has 1 aromatic heterocycles. The summed E-state index contributed by atoms with van der Waals surface area (Å²) in [4.78, 5) is 14.7. The first-order valence-electron chi connectivity index (χ1n) is 6.12. The lowest BCUT2D eigenvalue weighted by atomic mass is 9.99. The Morgan fingerprint density at radius 3 is 2.55 bits per heavy atom. The number of carboxylic acid groups (broad SMARTS) is 1. The summed E-state index contributed by atoms with van der Waals surface area (Å²) < 4.78 is 5.36. The molecule has 0 aliphatic rings. The topological polar surface area (TPSA) is 59.4 Å². The number of carbonyl (C=O) groups is 1. The first-order chi connectivity index (χ1) is 9.61. The van der Waals surface area contributed by atoms with Gasteiger partial charge in [-0.1, -0.05) is 6.07 Å². The van der Waals surface area contributed by atoms with E-state index in [0.717, 1.165) is 22.4 Å². The Kier molecular flexibility index (Phi) is 4.15. The van der Waals surface area contributed by atoms with Crippen LogP contribution in [0.25, 0.3) is 16.7 Å². The maximum atomic E-state index is 10.8. The van der Waals surface area contributed by atoms with Gasteiger partial charge in [-0.3, -0.25) is 4.98 Å². The van der Waals surface area contributed by atoms with Gasteiger partial charge in [0, 0.05) is 24.0 Å². The van der Waals surface area contributed by atoms with Gasteiger partial charge in [-0.2, -0.15) is 0 Å². The highest BCUT2D eigenvalue weighted by atomic mass is 16.5. The number of benzene rings is 1. The molecule has 1 heterocycles. The van der Waals surface area contributed by atoms with Crippen LogP contribution in [-0.2, 0) is 4.79 Å². The van der Waals surface area contributed by atoms with Crippen LogP contribution in [0, 0.1) is 0 Å². The van der Waals surface area contributed by atoms with Crippen LogP contribution in [0.3, 0.4) is 0 Å². The number of methoxy groups -OCH3 is 1. The molecule has 4 nitrogen and oxygen atoms in total. The predicted octanol–water partition coefficient (Wildman–Crippen LogP) is 3.25. The molecule has 0 aliphatic heterocycles. The van der Waals surface area contributed by atoms with E-state index in [1.165, 1.54) is 6.08 Å². The zero-order valence-electron chi connectivity index (χ0n) is 11.3. The van der Waals surface area contributed by atoms with E-state index in [0.29, 0.717) is 5.57 Å². The highest BCUT2D eigenvalue weighted by Gasteiger charge is 2.08. The number of ether oxygens (including phenoxy) is 1. The number of nitrogens with zero attached hydrogens (tertiary/aromatic N) is 1. The zero-order valence-corrected chi connectivity index (χ0v) is 11.3. The standard InChI is InChI=1S/C16H15NO3/c1-11(9-16(18)19)13-3-4-15(20-2)14(10-13)12-5-7-17-8-6-12/h3-10H,1-2H3,(H,18,19)/b11-9+. The van der Waals surface area contributed by atoms with E-state index < -0.39 is 5.97 Å². The Balaban J connectivity index is 2.53. The Morgan fingerprint density at radius 1 is 1.25 bits per heavy atom. The van der Waals surface area contributed by atoms with Crippen LogP contribution >= 0.6 is 0 Å². The van der Waals surface area contributed by atoms with Crippen molar-refractivity contribution in [2.75, 3.05) is 7.11 Å². The van der Waals surface area contributed by atoms with Crippen molar-refractivity contribution >= 4 is 11.5 Å². The van der Waals surface area contributed by atoms with Gasteiger partial charge >= 0.3 is 5.97 Å². The van der Waals surface area contributed by atoms with E-state index in [4.69, 9.17) is 9.84 Å². The molecule has 2 rings (SSSR count). The molecule has 0 aliphatic carbocycles. The van der Waals surface area contributed by atoms with Crippen molar-refractivity contribution in [1.82, 2.24) is 4.98 Å². The van der Waals surface area contributed by atoms with Crippen LogP contribution < -0.4 is 4.74 Å². The van der Waals surface area contributed by atoms with E-state index in [-0.39, 0.29) is 0 Å².